The average molecular weight is 300 g/mol. The molecule has 3 aromatic rings. The van der Waals surface area contributed by atoms with E-state index in [1.54, 1.807) is 0 Å². The van der Waals surface area contributed by atoms with E-state index in [4.69, 9.17) is 17.0 Å². The molecule has 1 aliphatic heterocycles. The summed E-state index contributed by atoms with van der Waals surface area (Å²) in [5, 5.41) is 4.57. The summed E-state index contributed by atoms with van der Waals surface area (Å²) in [5.41, 5.74) is 4.29. The topological polar surface area (TPSA) is 47.8 Å². The summed E-state index contributed by atoms with van der Waals surface area (Å²) >= 11 is 5.55. The smallest absolute Gasteiger partial charge is 0.180 e. The summed E-state index contributed by atoms with van der Waals surface area (Å²) in [6.45, 7) is 2.71. The zero-order chi connectivity index (χ0) is 14.6. The molecule has 1 N–H and O–H groups in total. The Hall–Kier alpha value is -2.08. The van der Waals surface area contributed by atoms with Gasteiger partial charge in [0.2, 0.25) is 0 Å². The molecule has 0 spiro atoms. The first-order valence-corrected chi connectivity index (χ1v) is 7.49. The minimum absolute atomic E-state index is 0.0996. The zero-order valence-electron chi connectivity index (χ0n) is 12.0. The highest BCUT2D eigenvalue weighted by Crippen LogP contribution is 2.36. The number of hydrogen-bond donors (Lipinski definition) is 1. The van der Waals surface area contributed by atoms with Crippen molar-refractivity contribution in [2.24, 2.45) is 7.05 Å². The Balaban J connectivity index is 1.98. The van der Waals surface area contributed by atoms with Gasteiger partial charge in [-0.05, 0) is 24.7 Å². The number of rotatable bonds is 2. The van der Waals surface area contributed by atoms with Gasteiger partial charge in [-0.25, -0.2) is 0 Å². The van der Waals surface area contributed by atoms with Crippen molar-refractivity contribution in [3.63, 3.8) is 0 Å². The van der Waals surface area contributed by atoms with E-state index in [0.717, 1.165) is 33.8 Å². The molecule has 21 heavy (non-hydrogen) atoms. The number of aromatic amines is 1. The second-order valence-electron chi connectivity index (χ2n) is 5.29. The highest BCUT2D eigenvalue weighted by Gasteiger charge is 2.29. The molecule has 0 fully saturated rings. The summed E-state index contributed by atoms with van der Waals surface area (Å²) in [7, 11) is 1.96. The van der Waals surface area contributed by atoms with Gasteiger partial charge < -0.3 is 9.72 Å². The molecular formula is C15H16N4OS. The number of aromatic nitrogens is 4. The first-order chi connectivity index (χ1) is 10.2. The monoisotopic (exact) mass is 300 g/mol. The van der Waals surface area contributed by atoms with Gasteiger partial charge in [0.1, 0.15) is 23.9 Å². The van der Waals surface area contributed by atoms with E-state index in [2.05, 4.69) is 27.6 Å². The molecule has 0 saturated carbocycles. The van der Waals surface area contributed by atoms with Crippen molar-refractivity contribution in [2.75, 3.05) is 6.61 Å². The van der Waals surface area contributed by atoms with Gasteiger partial charge in [-0.1, -0.05) is 25.1 Å². The van der Waals surface area contributed by atoms with Gasteiger partial charge in [-0.2, -0.15) is 5.10 Å². The number of para-hydroxylation sites is 1. The Morgan fingerprint density at radius 2 is 2.24 bits per heavy atom. The molecule has 0 aliphatic carbocycles. The predicted molar refractivity (Wildman–Crippen MR) is 83.3 cm³/mol. The molecule has 3 heterocycles. The normalized spacial score (nSPS) is 17.1. The van der Waals surface area contributed by atoms with Crippen molar-refractivity contribution >= 4 is 23.4 Å². The lowest BCUT2D eigenvalue weighted by Crippen LogP contribution is -2.14. The van der Waals surface area contributed by atoms with Crippen LogP contribution in [0.1, 0.15) is 24.2 Å². The van der Waals surface area contributed by atoms with Crippen LogP contribution in [0.25, 0.3) is 11.2 Å². The van der Waals surface area contributed by atoms with E-state index >= 15 is 0 Å². The van der Waals surface area contributed by atoms with E-state index in [0.29, 0.717) is 6.61 Å². The van der Waals surface area contributed by atoms with E-state index in [1.807, 2.05) is 29.9 Å². The largest absolute Gasteiger partial charge is 0.491 e. The molecular weight excluding hydrogens is 284 g/mol. The minimum Gasteiger partial charge on any atom is -0.491 e. The maximum atomic E-state index is 5.80. The molecule has 0 saturated heterocycles. The van der Waals surface area contributed by atoms with Crippen LogP contribution in [0.5, 0.6) is 5.75 Å². The molecule has 4 rings (SSSR count). The highest BCUT2D eigenvalue weighted by atomic mass is 32.1. The molecule has 0 radical (unpaired) electrons. The quantitative estimate of drug-likeness (QED) is 0.740. The standard InChI is InChI=1S/C15H16N4OS/c1-3-10-13-14(18(2)17-10)19(15(21)16-13)11-8-20-12-7-5-4-6-9(11)12/h4-7,11H,3,8H2,1-2H3,(H,16,21). The summed E-state index contributed by atoms with van der Waals surface area (Å²) < 4.78 is 10.6. The van der Waals surface area contributed by atoms with Crippen LogP contribution < -0.4 is 4.74 Å². The van der Waals surface area contributed by atoms with Crippen molar-refractivity contribution in [1.82, 2.24) is 19.3 Å². The molecule has 1 unspecified atom stereocenters. The van der Waals surface area contributed by atoms with Crippen molar-refractivity contribution in [3.8, 4) is 5.75 Å². The van der Waals surface area contributed by atoms with Gasteiger partial charge in [0.25, 0.3) is 0 Å². The van der Waals surface area contributed by atoms with Crippen molar-refractivity contribution in [2.45, 2.75) is 19.4 Å². The van der Waals surface area contributed by atoms with Crippen LogP contribution in [0.3, 0.4) is 0 Å². The van der Waals surface area contributed by atoms with Crippen molar-refractivity contribution in [1.29, 1.82) is 0 Å². The van der Waals surface area contributed by atoms with Gasteiger partial charge in [0, 0.05) is 12.6 Å². The van der Waals surface area contributed by atoms with E-state index in [-0.39, 0.29) is 6.04 Å². The third-order valence-corrected chi connectivity index (χ3v) is 4.39. The van der Waals surface area contributed by atoms with E-state index < -0.39 is 0 Å². The number of imidazole rings is 1. The lowest BCUT2D eigenvalue weighted by atomic mass is 10.1. The third kappa shape index (κ3) is 1.68. The second kappa shape index (κ2) is 4.46. The fourth-order valence-electron chi connectivity index (χ4n) is 3.13. The van der Waals surface area contributed by atoms with Crippen LogP contribution >= 0.6 is 12.2 Å². The molecule has 1 atom stereocenters. The summed E-state index contributed by atoms with van der Waals surface area (Å²) in [5.74, 6) is 0.941. The first kappa shape index (κ1) is 12.6. The lowest BCUT2D eigenvalue weighted by Gasteiger charge is -2.12. The Morgan fingerprint density at radius 1 is 1.43 bits per heavy atom. The number of hydrogen-bond acceptors (Lipinski definition) is 3. The molecule has 0 bridgehead atoms. The number of aryl methyl sites for hydroxylation is 2. The fourth-order valence-corrected chi connectivity index (χ4v) is 3.45. The molecule has 0 amide bonds. The number of ether oxygens (including phenoxy) is 1. The molecule has 6 heteroatoms. The van der Waals surface area contributed by atoms with Gasteiger partial charge in [-0.15, -0.1) is 0 Å². The molecule has 1 aromatic carbocycles. The number of H-pyrrole nitrogens is 1. The summed E-state index contributed by atoms with van der Waals surface area (Å²) in [6.07, 6.45) is 0.879. The van der Waals surface area contributed by atoms with Crippen molar-refractivity contribution < 1.29 is 4.74 Å². The highest BCUT2D eigenvalue weighted by molar-refractivity contribution is 7.71. The van der Waals surface area contributed by atoms with E-state index in [9.17, 15) is 0 Å². The van der Waals surface area contributed by atoms with Gasteiger partial charge >= 0.3 is 0 Å². The Kier molecular flexibility index (Phi) is 2.68. The number of fused-ring (bicyclic) bond motifs is 2. The second-order valence-corrected chi connectivity index (χ2v) is 5.67. The number of nitrogens with one attached hydrogen (secondary N) is 1. The maximum Gasteiger partial charge on any atom is 0.180 e. The van der Waals surface area contributed by atoms with Gasteiger partial charge in [0.15, 0.2) is 10.4 Å². The Bertz CT molecular complexity index is 889. The first-order valence-electron chi connectivity index (χ1n) is 7.08. The molecule has 1 aliphatic rings. The van der Waals surface area contributed by atoms with E-state index in [1.165, 1.54) is 5.56 Å². The van der Waals surface area contributed by atoms with Crippen LogP contribution in [-0.2, 0) is 13.5 Å². The molecule has 5 nitrogen and oxygen atoms in total. The predicted octanol–water partition coefficient (Wildman–Crippen LogP) is 2.98. The Morgan fingerprint density at radius 3 is 3.05 bits per heavy atom. The minimum atomic E-state index is 0.0996. The Labute approximate surface area is 127 Å². The van der Waals surface area contributed by atoms with Gasteiger partial charge in [-0.3, -0.25) is 9.25 Å². The zero-order valence-corrected chi connectivity index (χ0v) is 12.8. The lowest BCUT2D eigenvalue weighted by molar-refractivity contribution is 0.317. The summed E-state index contributed by atoms with van der Waals surface area (Å²) in [4.78, 5) is 3.31. The number of nitrogens with zero attached hydrogens (tertiary/aromatic N) is 3. The van der Waals surface area contributed by atoms with Crippen LogP contribution in [0.2, 0.25) is 0 Å². The van der Waals surface area contributed by atoms with Crippen LogP contribution in [0, 0.1) is 4.77 Å². The maximum absolute atomic E-state index is 5.80. The average Bonchev–Trinajstić information content (AvgIpc) is 3.13. The third-order valence-electron chi connectivity index (χ3n) is 4.09. The summed E-state index contributed by atoms with van der Waals surface area (Å²) in [6, 6.07) is 8.23. The molecule has 2 aromatic heterocycles. The van der Waals surface area contributed by atoms with Gasteiger partial charge in [0.05, 0.1) is 5.69 Å². The SMILES string of the molecule is CCc1nn(C)c2c1[nH]c(=S)n2C1COc2ccccc21. The van der Waals surface area contributed by atoms with Crippen LogP contribution in [0.15, 0.2) is 24.3 Å². The molecule has 108 valence electrons. The fraction of sp³-hybridized carbons (Fsp3) is 0.333. The number of benzene rings is 1. The van der Waals surface area contributed by atoms with Crippen LogP contribution in [0.4, 0.5) is 0 Å². The van der Waals surface area contributed by atoms with Crippen LogP contribution in [-0.4, -0.2) is 25.9 Å². The van der Waals surface area contributed by atoms with Crippen molar-refractivity contribution in [3.05, 3.63) is 40.3 Å².